The van der Waals surface area contributed by atoms with E-state index in [0.717, 1.165) is 0 Å². The molecule has 3 aliphatic rings. The number of esters is 1. The molecule has 1 spiro atoms. The molecule has 0 aromatic rings. The lowest BCUT2D eigenvalue weighted by molar-refractivity contribution is -0.244. The van der Waals surface area contributed by atoms with Crippen LogP contribution in [-0.2, 0) is 33.0 Å². The number of ether oxygens (including phenoxy) is 3. The van der Waals surface area contributed by atoms with Crippen LogP contribution in [0.4, 0.5) is 0 Å². The number of hydrogen-bond donors (Lipinski definition) is 0. The maximum atomic E-state index is 13.3. The largest absolute Gasteiger partial charge is 0.468 e. The van der Waals surface area contributed by atoms with Gasteiger partial charge in [0, 0.05) is 12.8 Å². The summed E-state index contributed by atoms with van der Waals surface area (Å²) in [5.41, 5.74) is -1.79. The second kappa shape index (κ2) is 6.86. The number of ketones is 2. The summed E-state index contributed by atoms with van der Waals surface area (Å²) in [5.74, 6) is -3.89. The Balaban J connectivity index is 2.18. The minimum Gasteiger partial charge on any atom is -0.468 e. The molecule has 156 valence electrons. The molecular weight excluding hydrogens is 380 g/mol. The molecule has 2 fully saturated rings. The highest BCUT2D eigenvalue weighted by Crippen LogP contribution is 2.55. The molecule has 0 amide bonds. The summed E-state index contributed by atoms with van der Waals surface area (Å²) < 4.78 is 23.3. The van der Waals surface area contributed by atoms with Crippen LogP contribution >= 0.6 is 0 Å². The van der Waals surface area contributed by atoms with Crippen LogP contribution in [0.15, 0.2) is 12.2 Å². The van der Waals surface area contributed by atoms with Crippen molar-refractivity contribution in [3.8, 4) is 0 Å². The quantitative estimate of drug-likeness (QED) is 0.401. The van der Waals surface area contributed by atoms with Crippen LogP contribution in [0.3, 0.4) is 0 Å². The smallest absolute Gasteiger partial charge is 0.323 e. The molecule has 0 aromatic heterocycles. The SMILES string of the molecule is COC(=O)[C@@]12C(=O)CCC3(OCCO3)[C@H]1C(=O)C=C[C@H]2O[Si](C)(C)C(C)(C)C. The Morgan fingerprint density at radius 2 is 1.82 bits per heavy atom. The second-order valence-corrected chi connectivity index (χ2v) is 14.0. The van der Waals surface area contributed by atoms with Crippen LogP contribution in [0.25, 0.3) is 0 Å². The minimum absolute atomic E-state index is 0.0596. The number of Topliss-reactive ketones (excluding diaryl/α,β-unsaturated/α-hetero) is 1. The van der Waals surface area contributed by atoms with E-state index in [1.165, 1.54) is 13.2 Å². The third kappa shape index (κ3) is 2.92. The number of carbonyl (C=O) groups excluding carboxylic acids is 3. The molecule has 1 heterocycles. The number of hydrogen-bond acceptors (Lipinski definition) is 7. The van der Waals surface area contributed by atoms with Crippen molar-refractivity contribution in [2.75, 3.05) is 20.3 Å². The molecule has 0 N–H and O–H groups in total. The van der Waals surface area contributed by atoms with Gasteiger partial charge in [-0.2, -0.15) is 0 Å². The first-order chi connectivity index (χ1) is 12.9. The molecule has 28 heavy (non-hydrogen) atoms. The normalized spacial score (nSPS) is 32.5. The van der Waals surface area contributed by atoms with Gasteiger partial charge >= 0.3 is 5.97 Å². The second-order valence-electron chi connectivity index (χ2n) is 9.29. The fourth-order valence-corrected chi connectivity index (χ4v) is 5.52. The van der Waals surface area contributed by atoms with Crippen molar-refractivity contribution in [3.63, 3.8) is 0 Å². The molecule has 0 bridgehead atoms. The Kier molecular flexibility index (Phi) is 5.23. The van der Waals surface area contributed by atoms with Crippen molar-refractivity contribution >= 4 is 25.9 Å². The number of carbonyl (C=O) groups is 3. The summed E-state index contributed by atoms with van der Waals surface area (Å²) in [7, 11) is -1.15. The first-order valence-electron chi connectivity index (χ1n) is 9.72. The van der Waals surface area contributed by atoms with E-state index < -0.39 is 37.5 Å². The van der Waals surface area contributed by atoms with E-state index in [4.69, 9.17) is 18.6 Å². The van der Waals surface area contributed by atoms with Crippen LogP contribution in [0.2, 0.25) is 18.1 Å². The standard InChI is InChI=1S/C20H30O7Si/c1-18(2,3)28(5,6)27-15-8-7-13(21)16-19(25-11-12-26-19)10-9-14(22)20(15,16)17(23)24-4/h7-8,15-16H,9-12H2,1-6H3/t15-,16-,20-/m1/s1. The fraction of sp³-hybridized carbons (Fsp3) is 0.750. The summed E-state index contributed by atoms with van der Waals surface area (Å²) in [4.78, 5) is 39.5. The predicted molar refractivity (Wildman–Crippen MR) is 103 cm³/mol. The van der Waals surface area contributed by atoms with Crippen LogP contribution < -0.4 is 0 Å². The Labute approximate surface area is 166 Å². The van der Waals surface area contributed by atoms with Gasteiger partial charge in [-0.3, -0.25) is 14.4 Å². The lowest BCUT2D eigenvalue weighted by Crippen LogP contribution is -2.69. The first-order valence-corrected chi connectivity index (χ1v) is 12.6. The molecule has 2 aliphatic carbocycles. The van der Waals surface area contributed by atoms with Crippen molar-refractivity contribution in [2.45, 2.75) is 63.6 Å². The molecule has 1 aliphatic heterocycles. The van der Waals surface area contributed by atoms with Crippen molar-refractivity contribution in [1.29, 1.82) is 0 Å². The fourth-order valence-electron chi connectivity index (χ4n) is 4.27. The topological polar surface area (TPSA) is 88.1 Å². The first kappa shape index (κ1) is 21.4. The summed E-state index contributed by atoms with van der Waals surface area (Å²) in [6.07, 6.45) is 2.34. The molecule has 1 saturated carbocycles. The number of fused-ring (bicyclic) bond motifs is 2. The van der Waals surface area contributed by atoms with Gasteiger partial charge in [0.25, 0.3) is 0 Å². The monoisotopic (exact) mass is 410 g/mol. The zero-order valence-corrected chi connectivity index (χ0v) is 18.5. The molecule has 0 radical (unpaired) electrons. The van der Waals surface area contributed by atoms with Gasteiger partial charge < -0.3 is 18.6 Å². The maximum absolute atomic E-state index is 13.3. The van der Waals surface area contributed by atoms with Gasteiger partial charge in [0.15, 0.2) is 31.1 Å². The maximum Gasteiger partial charge on any atom is 0.323 e. The van der Waals surface area contributed by atoms with Crippen molar-refractivity contribution in [3.05, 3.63) is 12.2 Å². The van der Waals surface area contributed by atoms with Crippen LogP contribution in [0.1, 0.15) is 33.6 Å². The third-order valence-corrected chi connectivity index (χ3v) is 11.2. The molecule has 3 rings (SSSR count). The third-order valence-electron chi connectivity index (χ3n) is 6.75. The number of rotatable bonds is 3. The van der Waals surface area contributed by atoms with E-state index in [1.807, 2.05) is 13.1 Å². The number of allylic oxidation sites excluding steroid dienone is 1. The molecule has 8 heteroatoms. The molecule has 0 unspecified atom stereocenters. The minimum atomic E-state index is -2.38. The molecule has 0 aromatic carbocycles. The summed E-state index contributed by atoms with van der Waals surface area (Å²) in [6.45, 7) is 10.9. The van der Waals surface area contributed by atoms with Crippen LogP contribution in [0, 0.1) is 11.3 Å². The van der Waals surface area contributed by atoms with E-state index in [2.05, 4.69) is 20.8 Å². The van der Waals surface area contributed by atoms with E-state index in [-0.39, 0.29) is 29.4 Å². The average molecular weight is 411 g/mol. The van der Waals surface area contributed by atoms with Gasteiger partial charge in [-0.05, 0) is 24.2 Å². The number of methoxy groups -OCH3 is 1. The van der Waals surface area contributed by atoms with E-state index in [9.17, 15) is 14.4 Å². The predicted octanol–water partition coefficient (Wildman–Crippen LogP) is 2.40. The van der Waals surface area contributed by atoms with E-state index >= 15 is 0 Å². The van der Waals surface area contributed by atoms with Crippen LogP contribution in [0.5, 0.6) is 0 Å². The van der Waals surface area contributed by atoms with Crippen LogP contribution in [-0.4, -0.2) is 58.1 Å². The van der Waals surface area contributed by atoms with Crippen molar-refractivity contribution in [2.24, 2.45) is 11.3 Å². The molecule has 1 saturated heterocycles. The van der Waals surface area contributed by atoms with Gasteiger partial charge in [-0.25, -0.2) is 0 Å². The molecular formula is C20H30O7Si. The van der Waals surface area contributed by atoms with Gasteiger partial charge in [0.05, 0.1) is 26.4 Å². The highest BCUT2D eigenvalue weighted by atomic mass is 28.4. The lowest BCUT2D eigenvalue weighted by atomic mass is 9.56. The Hall–Kier alpha value is -1.35. The molecule has 7 nitrogen and oxygen atoms in total. The van der Waals surface area contributed by atoms with E-state index in [0.29, 0.717) is 13.2 Å². The summed E-state index contributed by atoms with van der Waals surface area (Å²) in [6, 6.07) is 0. The van der Waals surface area contributed by atoms with Gasteiger partial charge in [0.1, 0.15) is 5.92 Å². The van der Waals surface area contributed by atoms with Crippen molar-refractivity contribution in [1.82, 2.24) is 0 Å². The van der Waals surface area contributed by atoms with E-state index in [1.54, 1.807) is 6.08 Å². The van der Waals surface area contributed by atoms with Gasteiger partial charge in [0.2, 0.25) is 0 Å². The summed E-state index contributed by atoms with van der Waals surface area (Å²) in [5, 5.41) is -0.148. The summed E-state index contributed by atoms with van der Waals surface area (Å²) >= 11 is 0. The Morgan fingerprint density at radius 1 is 1.21 bits per heavy atom. The lowest BCUT2D eigenvalue weighted by Gasteiger charge is -2.53. The Morgan fingerprint density at radius 3 is 2.36 bits per heavy atom. The molecule has 3 atom stereocenters. The average Bonchev–Trinajstić information content (AvgIpc) is 3.07. The van der Waals surface area contributed by atoms with Gasteiger partial charge in [-0.15, -0.1) is 0 Å². The zero-order valence-electron chi connectivity index (χ0n) is 17.5. The van der Waals surface area contributed by atoms with Gasteiger partial charge in [-0.1, -0.05) is 26.8 Å². The van der Waals surface area contributed by atoms with Crippen molar-refractivity contribution < 1.29 is 33.0 Å². The zero-order chi connectivity index (χ0) is 21.0. The Bertz CT molecular complexity index is 705. The highest BCUT2D eigenvalue weighted by molar-refractivity contribution is 6.74. The highest BCUT2D eigenvalue weighted by Gasteiger charge is 2.72.